The Morgan fingerprint density at radius 2 is 0.974 bits per heavy atom. The summed E-state index contributed by atoms with van der Waals surface area (Å²) in [4.78, 5) is 0. The highest BCUT2D eigenvalue weighted by molar-refractivity contribution is 7.85. The molecule has 5 aromatic rings. The van der Waals surface area contributed by atoms with Gasteiger partial charge in [-0.1, -0.05) is 134 Å². The third-order valence-electron chi connectivity index (χ3n) is 6.76. The van der Waals surface area contributed by atoms with E-state index >= 15 is 4.57 Å². The SMILES string of the molecule is CCc1ccc(OCP(=O)(c2ccccc2)c2ccccc2)c(P(=O)(c2ccccc2)c2ccccc2)c1. The van der Waals surface area contributed by atoms with Crippen molar-refractivity contribution >= 4 is 40.8 Å². The Bertz CT molecular complexity index is 1500. The molecular weight excluding hydrogens is 506 g/mol. The van der Waals surface area contributed by atoms with Gasteiger partial charge in [-0.05, 0) is 24.1 Å². The second kappa shape index (κ2) is 11.4. The van der Waals surface area contributed by atoms with Crippen LogP contribution < -0.4 is 31.3 Å². The Hall–Kier alpha value is -3.64. The van der Waals surface area contributed by atoms with E-state index in [1.54, 1.807) is 0 Å². The topological polar surface area (TPSA) is 43.4 Å². The summed E-state index contributed by atoms with van der Waals surface area (Å²) in [5.41, 5.74) is 1.06. The van der Waals surface area contributed by atoms with E-state index in [0.29, 0.717) is 11.1 Å². The molecule has 0 atom stereocenters. The molecule has 0 aromatic heterocycles. The van der Waals surface area contributed by atoms with Crippen molar-refractivity contribution in [1.29, 1.82) is 0 Å². The lowest BCUT2D eigenvalue weighted by Gasteiger charge is -2.25. The van der Waals surface area contributed by atoms with Gasteiger partial charge in [0.05, 0.1) is 5.30 Å². The van der Waals surface area contributed by atoms with Gasteiger partial charge in [0, 0.05) is 21.2 Å². The van der Waals surface area contributed by atoms with E-state index in [4.69, 9.17) is 4.74 Å². The fraction of sp³-hybridized carbons (Fsp3) is 0.0909. The quantitative estimate of drug-likeness (QED) is 0.210. The lowest BCUT2D eigenvalue weighted by molar-refractivity contribution is 0.382. The van der Waals surface area contributed by atoms with Crippen molar-refractivity contribution in [3.8, 4) is 5.75 Å². The third-order valence-corrected chi connectivity index (χ3v) is 12.6. The summed E-state index contributed by atoms with van der Waals surface area (Å²) in [6.45, 7) is 2.08. The molecule has 0 saturated carbocycles. The maximum absolute atomic E-state index is 15.2. The predicted octanol–water partition coefficient (Wildman–Crippen LogP) is 6.24. The lowest BCUT2D eigenvalue weighted by atomic mass is 10.2. The van der Waals surface area contributed by atoms with Crippen molar-refractivity contribution in [1.82, 2.24) is 0 Å². The van der Waals surface area contributed by atoms with Gasteiger partial charge in [-0.25, -0.2) is 0 Å². The normalized spacial score (nSPS) is 11.7. The molecule has 5 rings (SSSR count). The van der Waals surface area contributed by atoms with E-state index < -0.39 is 14.3 Å². The molecule has 3 nitrogen and oxygen atoms in total. The minimum absolute atomic E-state index is 0.0386. The van der Waals surface area contributed by atoms with Crippen LogP contribution in [0.15, 0.2) is 140 Å². The van der Waals surface area contributed by atoms with Crippen LogP contribution in [0.25, 0.3) is 0 Å². The van der Waals surface area contributed by atoms with Gasteiger partial charge < -0.3 is 13.9 Å². The van der Waals surface area contributed by atoms with E-state index in [-0.39, 0.29) is 6.35 Å². The van der Waals surface area contributed by atoms with Crippen LogP contribution in [0.4, 0.5) is 0 Å². The van der Waals surface area contributed by atoms with Gasteiger partial charge in [-0.15, -0.1) is 0 Å². The number of hydrogen-bond acceptors (Lipinski definition) is 3. The summed E-state index contributed by atoms with van der Waals surface area (Å²) < 4.78 is 36.3. The molecule has 5 aromatic carbocycles. The standard InChI is InChI=1S/C33H30O3P2/c1-2-27-23-24-32(36-26-37(34,28-15-7-3-8-16-28)29-17-9-4-10-18-29)33(25-27)38(35,30-19-11-5-12-20-30)31-21-13-6-14-22-31/h3-25H,2,26H2,1H3. The van der Waals surface area contributed by atoms with Crippen molar-refractivity contribution in [2.24, 2.45) is 0 Å². The maximum atomic E-state index is 15.2. The fourth-order valence-electron chi connectivity index (χ4n) is 4.65. The average molecular weight is 537 g/mol. The van der Waals surface area contributed by atoms with E-state index in [1.165, 1.54) is 0 Å². The van der Waals surface area contributed by atoms with Crippen LogP contribution in [0.1, 0.15) is 12.5 Å². The summed E-state index contributed by atoms with van der Waals surface area (Å²) >= 11 is 0. The van der Waals surface area contributed by atoms with Gasteiger partial charge >= 0.3 is 0 Å². The van der Waals surface area contributed by atoms with Gasteiger partial charge in [0.15, 0.2) is 14.3 Å². The van der Waals surface area contributed by atoms with Crippen LogP contribution in [0.2, 0.25) is 0 Å². The number of benzene rings is 5. The third kappa shape index (κ3) is 5.05. The Morgan fingerprint density at radius 3 is 1.39 bits per heavy atom. The van der Waals surface area contributed by atoms with Gasteiger partial charge in [0.2, 0.25) is 0 Å². The Kier molecular flexibility index (Phi) is 7.79. The van der Waals surface area contributed by atoms with Crippen LogP contribution in [0.3, 0.4) is 0 Å². The van der Waals surface area contributed by atoms with E-state index in [1.807, 2.05) is 140 Å². The molecule has 0 saturated heterocycles. The van der Waals surface area contributed by atoms with Crippen molar-refractivity contribution < 1.29 is 13.9 Å². The molecule has 5 heteroatoms. The first-order valence-electron chi connectivity index (χ1n) is 12.7. The highest BCUT2D eigenvalue weighted by Crippen LogP contribution is 2.47. The molecule has 0 amide bonds. The zero-order chi connectivity index (χ0) is 26.4. The fourth-order valence-corrected chi connectivity index (χ4v) is 9.71. The van der Waals surface area contributed by atoms with Crippen LogP contribution in [0.5, 0.6) is 5.75 Å². The van der Waals surface area contributed by atoms with Crippen LogP contribution in [0, 0.1) is 0 Å². The molecule has 0 aliphatic heterocycles. The smallest absolute Gasteiger partial charge is 0.178 e. The van der Waals surface area contributed by atoms with E-state index in [9.17, 15) is 4.57 Å². The zero-order valence-electron chi connectivity index (χ0n) is 21.3. The number of rotatable bonds is 9. The highest BCUT2D eigenvalue weighted by Gasteiger charge is 2.34. The molecule has 0 bridgehead atoms. The van der Waals surface area contributed by atoms with Crippen LogP contribution in [-0.4, -0.2) is 6.35 Å². The molecule has 0 heterocycles. The molecule has 0 N–H and O–H groups in total. The van der Waals surface area contributed by atoms with E-state index in [0.717, 1.165) is 33.2 Å². The summed E-state index contributed by atoms with van der Waals surface area (Å²) in [6.07, 6.45) is 0.756. The largest absolute Gasteiger partial charge is 0.484 e. The average Bonchev–Trinajstić information content (AvgIpc) is 3.01. The Morgan fingerprint density at radius 1 is 0.553 bits per heavy atom. The van der Waals surface area contributed by atoms with Crippen molar-refractivity contribution in [2.75, 3.05) is 6.35 Å². The summed E-state index contributed by atoms with van der Waals surface area (Å²) in [6, 6.07) is 44.0. The molecule has 0 unspecified atom stereocenters. The maximum Gasteiger partial charge on any atom is 0.178 e. The first-order chi connectivity index (χ1) is 18.6. The molecule has 0 radical (unpaired) electrons. The van der Waals surface area contributed by atoms with Gasteiger partial charge in [0.25, 0.3) is 0 Å². The van der Waals surface area contributed by atoms with Crippen LogP contribution >= 0.6 is 14.3 Å². The number of ether oxygens (including phenoxy) is 1. The minimum atomic E-state index is -3.29. The second-order valence-electron chi connectivity index (χ2n) is 9.12. The van der Waals surface area contributed by atoms with Gasteiger partial charge in [-0.3, -0.25) is 0 Å². The molecule has 0 aliphatic carbocycles. The minimum Gasteiger partial charge on any atom is -0.484 e. The molecule has 38 heavy (non-hydrogen) atoms. The summed E-state index contributed by atoms with van der Waals surface area (Å²) in [5.74, 6) is 0.491. The summed E-state index contributed by atoms with van der Waals surface area (Å²) in [7, 11) is -6.43. The highest BCUT2D eigenvalue weighted by atomic mass is 31.2. The zero-order valence-corrected chi connectivity index (χ0v) is 23.1. The molecular formula is C33H30O3P2. The van der Waals surface area contributed by atoms with Crippen LogP contribution in [-0.2, 0) is 15.6 Å². The molecule has 0 aliphatic rings. The Labute approximate surface area is 224 Å². The van der Waals surface area contributed by atoms with Gasteiger partial charge in [0.1, 0.15) is 12.1 Å². The number of aryl methyl sites for hydroxylation is 1. The monoisotopic (exact) mass is 536 g/mol. The summed E-state index contributed by atoms with van der Waals surface area (Å²) in [5, 5.41) is 3.55. The molecule has 190 valence electrons. The Balaban J connectivity index is 1.65. The van der Waals surface area contributed by atoms with Crippen molar-refractivity contribution in [2.45, 2.75) is 13.3 Å². The molecule has 0 spiro atoms. The lowest BCUT2D eigenvalue weighted by Crippen LogP contribution is -2.28. The van der Waals surface area contributed by atoms with Gasteiger partial charge in [-0.2, -0.15) is 0 Å². The first kappa shape index (κ1) is 26.0. The first-order valence-corrected chi connectivity index (χ1v) is 16.3. The molecule has 0 fully saturated rings. The van der Waals surface area contributed by atoms with Crippen molar-refractivity contribution in [3.63, 3.8) is 0 Å². The van der Waals surface area contributed by atoms with Crippen molar-refractivity contribution in [3.05, 3.63) is 145 Å². The second-order valence-corrected chi connectivity index (χ2v) is 14.6. The number of hydrogen-bond donors (Lipinski definition) is 0. The van der Waals surface area contributed by atoms with E-state index in [2.05, 4.69) is 6.92 Å². The predicted molar refractivity (Wildman–Crippen MR) is 160 cm³/mol.